The summed E-state index contributed by atoms with van der Waals surface area (Å²) in [6, 6.07) is 14.0. The van der Waals surface area contributed by atoms with Crippen molar-refractivity contribution in [2.75, 3.05) is 0 Å². The minimum absolute atomic E-state index is 0. The maximum Gasteiger partial charge on any atom is 0.309 e. The highest BCUT2D eigenvalue weighted by Gasteiger charge is 2.03. The monoisotopic (exact) mass is 289 g/mol. The molecule has 1 heterocycles. The van der Waals surface area contributed by atoms with E-state index in [9.17, 15) is 4.79 Å². The van der Waals surface area contributed by atoms with Crippen LogP contribution in [0.3, 0.4) is 0 Å². The molecule has 0 bridgehead atoms. The van der Waals surface area contributed by atoms with E-state index in [4.69, 9.17) is 5.11 Å². The molecule has 0 unspecified atom stereocenters. The number of halogens is 1. The Balaban J connectivity index is 0.00000200. The molecule has 0 aliphatic heterocycles. The summed E-state index contributed by atoms with van der Waals surface area (Å²) in [5.41, 5.74) is 2.25. The lowest BCUT2D eigenvalue weighted by molar-refractivity contribution is -0.696. The van der Waals surface area contributed by atoms with Gasteiger partial charge in [-0.3, -0.25) is 4.79 Å². The first-order valence-corrected chi connectivity index (χ1v) is 6.18. The van der Waals surface area contributed by atoms with Crippen molar-refractivity contribution in [3.05, 3.63) is 66.0 Å². The fraction of sp³-hybridized carbons (Fsp3) is 0.125. The molecule has 2 rings (SSSR count). The summed E-state index contributed by atoms with van der Waals surface area (Å²) in [5.74, 6) is -0.777. The van der Waals surface area contributed by atoms with Gasteiger partial charge in [0.1, 0.15) is 6.42 Å². The maximum atomic E-state index is 10.5. The largest absolute Gasteiger partial charge is 1.00 e. The van der Waals surface area contributed by atoms with E-state index in [1.54, 1.807) is 0 Å². The van der Waals surface area contributed by atoms with Gasteiger partial charge in [-0.1, -0.05) is 42.5 Å². The highest BCUT2D eigenvalue weighted by Crippen LogP contribution is 2.06. The van der Waals surface area contributed by atoms with Gasteiger partial charge in [-0.2, -0.15) is 0 Å². The van der Waals surface area contributed by atoms with Gasteiger partial charge in [0.2, 0.25) is 0 Å². The molecular weight excluding hydrogens is 274 g/mol. The smallest absolute Gasteiger partial charge is 0.309 e. The van der Waals surface area contributed by atoms with E-state index in [2.05, 4.69) is 6.08 Å². The molecule has 0 saturated carbocycles. The number of rotatable bonds is 5. The van der Waals surface area contributed by atoms with Crippen LogP contribution in [0.2, 0.25) is 0 Å². The first-order valence-electron chi connectivity index (χ1n) is 6.18. The molecule has 0 atom stereocenters. The van der Waals surface area contributed by atoms with Gasteiger partial charge in [-0.05, 0) is 11.1 Å². The average molecular weight is 290 g/mol. The number of carboxylic acids is 1. The molecule has 3 nitrogen and oxygen atoms in total. The van der Waals surface area contributed by atoms with Crippen molar-refractivity contribution in [3.63, 3.8) is 0 Å². The van der Waals surface area contributed by atoms with Gasteiger partial charge < -0.3 is 17.5 Å². The van der Waals surface area contributed by atoms with Crippen molar-refractivity contribution in [2.45, 2.75) is 13.0 Å². The highest BCUT2D eigenvalue weighted by atomic mass is 35.5. The molecule has 1 N–H and O–H groups in total. The van der Waals surface area contributed by atoms with Crippen LogP contribution >= 0.6 is 0 Å². The van der Waals surface area contributed by atoms with E-state index in [1.807, 2.05) is 65.5 Å². The van der Waals surface area contributed by atoms with Gasteiger partial charge in [0, 0.05) is 12.1 Å². The molecular formula is C16H16ClNO2. The third kappa shape index (κ3) is 5.24. The summed E-state index contributed by atoms with van der Waals surface area (Å²) >= 11 is 0. The van der Waals surface area contributed by atoms with Gasteiger partial charge in [-0.15, -0.1) is 0 Å². The molecule has 4 heteroatoms. The van der Waals surface area contributed by atoms with Crippen LogP contribution in [0.4, 0.5) is 0 Å². The van der Waals surface area contributed by atoms with E-state index in [1.165, 1.54) is 0 Å². The summed E-state index contributed by atoms with van der Waals surface area (Å²) in [6.07, 6.45) is 8.03. The summed E-state index contributed by atoms with van der Waals surface area (Å²) in [7, 11) is 0. The topological polar surface area (TPSA) is 41.2 Å². The zero-order chi connectivity index (χ0) is 13.5. The molecule has 0 aliphatic carbocycles. The summed E-state index contributed by atoms with van der Waals surface area (Å²) in [6.45, 7) is 0.498. The molecule has 1 aromatic heterocycles. The Morgan fingerprint density at radius 3 is 2.10 bits per heavy atom. The second-order valence-corrected chi connectivity index (χ2v) is 4.26. The molecule has 1 aromatic carbocycles. The zero-order valence-corrected chi connectivity index (χ0v) is 11.7. The number of aliphatic carboxylic acids is 1. The number of hydrogen-bond acceptors (Lipinski definition) is 1. The number of benzene rings is 1. The number of nitrogens with zero attached hydrogens (tertiary/aromatic N) is 1. The predicted octanol–water partition coefficient (Wildman–Crippen LogP) is -0.377. The molecule has 0 radical (unpaired) electrons. The van der Waals surface area contributed by atoms with Crippen molar-refractivity contribution in [1.82, 2.24) is 0 Å². The van der Waals surface area contributed by atoms with Crippen molar-refractivity contribution < 1.29 is 26.9 Å². The fourth-order valence-electron chi connectivity index (χ4n) is 1.71. The minimum atomic E-state index is -0.777. The standard InChI is InChI=1S/C16H15NO2.ClH/c18-16(19)10-13-17-11-8-15(9-12-17)7-6-14-4-2-1-3-5-14;/h1-9,11-12H,10,13H2;1H/b7-6+;. The number of carboxylic acid groups (broad SMARTS) is 1. The zero-order valence-electron chi connectivity index (χ0n) is 10.9. The van der Waals surface area contributed by atoms with E-state index in [0.29, 0.717) is 6.54 Å². The van der Waals surface area contributed by atoms with E-state index < -0.39 is 5.97 Å². The van der Waals surface area contributed by atoms with Gasteiger partial charge in [0.05, 0.1) is 0 Å². The SMILES string of the molecule is O=C(O)CC[n+]1ccc(/C=C/c2ccccc2)cc1.[Cl-]. The molecule has 2 aromatic rings. The number of pyridine rings is 1. The van der Waals surface area contributed by atoms with Gasteiger partial charge in [0.15, 0.2) is 18.9 Å². The van der Waals surface area contributed by atoms with E-state index in [0.717, 1.165) is 11.1 Å². The average Bonchev–Trinajstić information content (AvgIpc) is 2.45. The molecule has 104 valence electrons. The van der Waals surface area contributed by atoms with Crippen LogP contribution in [0.5, 0.6) is 0 Å². The quantitative estimate of drug-likeness (QED) is 0.763. The Bertz CT molecular complexity index is 565. The number of aromatic nitrogens is 1. The molecule has 0 saturated heterocycles. The molecule has 0 fully saturated rings. The lowest BCUT2D eigenvalue weighted by Crippen LogP contribution is -3.00. The lowest BCUT2D eigenvalue weighted by Gasteiger charge is -1.96. The lowest BCUT2D eigenvalue weighted by atomic mass is 10.1. The number of hydrogen-bond donors (Lipinski definition) is 1. The second-order valence-electron chi connectivity index (χ2n) is 4.26. The van der Waals surface area contributed by atoms with Crippen LogP contribution in [0.1, 0.15) is 17.5 Å². The van der Waals surface area contributed by atoms with Crippen LogP contribution in [0.25, 0.3) is 12.2 Å². The van der Waals surface area contributed by atoms with Crippen molar-refractivity contribution in [3.8, 4) is 0 Å². The van der Waals surface area contributed by atoms with Gasteiger partial charge in [-0.25, -0.2) is 4.57 Å². The van der Waals surface area contributed by atoms with Crippen LogP contribution in [-0.2, 0) is 11.3 Å². The van der Waals surface area contributed by atoms with Crippen LogP contribution in [0.15, 0.2) is 54.9 Å². The van der Waals surface area contributed by atoms with Gasteiger partial charge in [0.25, 0.3) is 0 Å². The Labute approximate surface area is 124 Å². The Hall–Kier alpha value is -2.13. The minimum Gasteiger partial charge on any atom is -1.00 e. The Morgan fingerprint density at radius 2 is 1.55 bits per heavy atom. The molecule has 0 spiro atoms. The van der Waals surface area contributed by atoms with Crippen LogP contribution in [-0.4, -0.2) is 11.1 Å². The predicted molar refractivity (Wildman–Crippen MR) is 74.3 cm³/mol. The third-order valence-electron chi connectivity index (χ3n) is 2.77. The summed E-state index contributed by atoms with van der Waals surface area (Å²) < 4.78 is 1.87. The highest BCUT2D eigenvalue weighted by molar-refractivity contribution is 5.69. The maximum absolute atomic E-state index is 10.5. The van der Waals surface area contributed by atoms with Crippen molar-refractivity contribution in [1.29, 1.82) is 0 Å². The normalized spacial score (nSPS) is 10.2. The Kier molecular flexibility index (Phi) is 6.47. The summed E-state index contributed by atoms with van der Waals surface area (Å²) in [5, 5.41) is 8.62. The van der Waals surface area contributed by atoms with Gasteiger partial charge >= 0.3 is 5.97 Å². The fourth-order valence-corrected chi connectivity index (χ4v) is 1.71. The van der Waals surface area contributed by atoms with Crippen molar-refractivity contribution in [2.24, 2.45) is 0 Å². The van der Waals surface area contributed by atoms with E-state index in [-0.39, 0.29) is 18.8 Å². The molecule has 0 aliphatic rings. The molecule has 20 heavy (non-hydrogen) atoms. The molecule has 0 amide bonds. The second kappa shape index (κ2) is 8.12. The first kappa shape index (κ1) is 15.9. The summed E-state index contributed by atoms with van der Waals surface area (Å²) in [4.78, 5) is 10.5. The number of carbonyl (C=O) groups is 1. The number of aryl methyl sites for hydroxylation is 1. The first-order chi connectivity index (χ1) is 9.24. The van der Waals surface area contributed by atoms with Crippen molar-refractivity contribution >= 4 is 18.1 Å². The van der Waals surface area contributed by atoms with Crippen LogP contribution < -0.4 is 17.0 Å². The van der Waals surface area contributed by atoms with Crippen LogP contribution in [0, 0.1) is 0 Å². The Morgan fingerprint density at radius 1 is 1.00 bits per heavy atom. The van der Waals surface area contributed by atoms with E-state index >= 15 is 0 Å². The third-order valence-corrected chi connectivity index (χ3v) is 2.77.